The molecule has 0 fully saturated rings. The molecule has 3 rings (SSSR count). The number of benzene rings is 3. The Bertz CT molecular complexity index is 898. The smallest absolute Gasteiger partial charge is 0.267 e. The van der Waals surface area contributed by atoms with Crippen molar-refractivity contribution in [3.05, 3.63) is 113 Å². The number of carbonyl (C=O) groups excluding carboxylic acids is 1. The maximum absolute atomic E-state index is 12.5. The predicted molar refractivity (Wildman–Crippen MR) is 104 cm³/mol. The summed E-state index contributed by atoms with van der Waals surface area (Å²) in [4.78, 5) is 16.8. The number of hydrogen-bond acceptors (Lipinski definition) is 1. The maximum atomic E-state index is 12.5. The average molecular weight is 346 g/mol. The van der Waals surface area contributed by atoms with Gasteiger partial charge in [-0.3, -0.25) is 4.79 Å². The molecule has 3 heteroatoms. The van der Waals surface area contributed by atoms with Gasteiger partial charge in [-0.15, -0.1) is 0 Å². The monoisotopic (exact) mass is 345 g/mol. The van der Waals surface area contributed by atoms with Crippen molar-refractivity contribution in [1.82, 2.24) is 0 Å². The third-order valence-electron chi connectivity index (χ3n) is 3.62. The number of hydrogen-bond donors (Lipinski definition) is 0. The van der Waals surface area contributed by atoms with Crippen LogP contribution in [0.1, 0.15) is 21.5 Å². The van der Waals surface area contributed by atoms with Crippen LogP contribution in [0, 0.1) is 0 Å². The standard InChI is InChI=1S/C22H16ClNO/c23-20-14-12-19(13-15-20)22(25)24-21(18-9-5-2-6-10-18)16-11-17-7-3-1-4-8-17/h1-16H/b16-11+,24-21?. The summed E-state index contributed by atoms with van der Waals surface area (Å²) in [7, 11) is 0. The second-order valence-electron chi connectivity index (χ2n) is 5.42. The molecule has 0 aromatic heterocycles. The topological polar surface area (TPSA) is 29.4 Å². The molecule has 0 aliphatic rings. The summed E-state index contributed by atoms with van der Waals surface area (Å²) < 4.78 is 0. The highest BCUT2D eigenvalue weighted by molar-refractivity contribution is 6.30. The molecule has 122 valence electrons. The molecule has 0 heterocycles. The number of allylic oxidation sites excluding steroid dienone is 1. The van der Waals surface area contributed by atoms with Crippen LogP contribution in [-0.2, 0) is 0 Å². The molecule has 0 unspecified atom stereocenters. The molecule has 0 atom stereocenters. The van der Waals surface area contributed by atoms with Crippen LogP contribution in [0.25, 0.3) is 6.08 Å². The minimum atomic E-state index is -0.298. The lowest BCUT2D eigenvalue weighted by molar-refractivity contribution is 0.100. The zero-order chi connectivity index (χ0) is 17.5. The molecule has 2 nitrogen and oxygen atoms in total. The number of amides is 1. The number of halogens is 1. The van der Waals surface area contributed by atoms with Gasteiger partial charge in [0.25, 0.3) is 5.91 Å². The third-order valence-corrected chi connectivity index (χ3v) is 3.87. The lowest BCUT2D eigenvalue weighted by Crippen LogP contribution is -2.03. The molecule has 3 aromatic carbocycles. The van der Waals surface area contributed by atoms with E-state index in [1.165, 1.54) is 0 Å². The molecule has 25 heavy (non-hydrogen) atoms. The van der Waals surface area contributed by atoms with Gasteiger partial charge in [0.1, 0.15) is 0 Å². The van der Waals surface area contributed by atoms with E-state index < -0.39 is 0 Å². The van der Waals surface area contributed by atoms with Gasteiger partial charge in [-0.2, -0.15) is 0 Å². The van der Waals surface area contributed by atoms with Crippen LogP contribution in [0.4, 0.5) is 0 Å². The van der Waals surface area contributed by atoms with E-state index in [1.807, 2.05) is 72.8 Å². The van der Waals surface area contributed by atoms with Crippen molar-refractivity contribution in [2.75, 3.05) is 0 Å². The van der Waals surface area contributed by atoms with Crippen LogP contribution in [0.2, 0.25) is 5.02 Å². The highest BCUT2D eigenvalue weighted by Gasteiger charge is 2.07. The minimum Gasteiger partial charge on any atom is -0.267 e. The Morgan fingerprint density at radius 1 is 0.760 bits per heavy atom. The van der Waals surface area contributed by atoms with Crippen molar-refractivity contribution < 1.29 is 4.79 Å². The first-order chi connectivity index (χ1) is 12.2. The molecule has 1 amide bonds. The van der Waals surface area contributed by atoms with Crippen molar-refractivity contribution >= 4 is 29.3 Å². The van der Waals surface area contributed by atoms with Gasteiger partial charge < -0.3 is 0 Å². The van der Waals surface area contributed by atoms with Crippen molar-refractivity contribution in [1.29, 1.82) is 0 Å². The van der Waals surface area contributed by atoms with Gasteiger partial charge in [-0.1, -0.05) is 78.3 Å². The number of rotatable bonds is 4. The van der Waals surface area contributed by atoms with Crippen molar-refractivity contribution in [3.63, 3.8) is 0 Å². The first-order valence-corrected chi connectivity index (χ1v) is 8.27. The molecule has 0 aliphatic heterocycles. The first-order valence-electron chi connectivity index (χ1n) is 7.89. The Labute approximate surface area is 152 Å². The van der Waals surface area contributed by atoms with Crippen molar-refractivity contribution in [3.8, 4) is 0 Å². The Hall–Kier alpha value is -2.97. The van der Waals surface area contributed by atoms with E-state index in [9.17, 15) is 4.79 Å². The molecule has 3 aromatic rings. The van der Waals surface area contributed by atoms with E-state index in [0.717, 1.165) is 11.1 Å². The second-order valence-corrected chi connectivity index (χ2v) is 5.86. The lowest BCUT2D eigenvalue weighted by Gasteiger charge is -2.03. The van der Waals surface area contributed by atoms with E-state index in [2.05, 4.69) is 4.99 Å². The molecule has 0 bridgehead atoms. The van der Waals surface area contributed by atoms with Crippen LogP contribution in [0.5, 0.6) is 0 Å². The Morgan fingerprint density at radius 2 is 1.36 bits per heavy atom. The summed E-state index contributed by atoms with van der Waals surface area (Å²) >= 11 is 5.88. The van der Waals surface area contributed by atoms with Crippen LogP contribution >= 0.6 is 11.6 Å². The van der Waals surface area contributed by atoms with Crippen LogP contribution in [-0.4, -0.2) is 11.6 Å². The third kappa shape index (κ3) is 4.75. The Balaban J connectivity index is 1.94. The minimum absolute atomic E-state index is 0.298. The van der Waals surface area contributed by atoms with Gasteiger partial charge in [0.2, 0.25) is 0 Å². The van der Waals surface area contributed by atoms with Gasteiger partial charge in [0.15, 0.2) is 0 Å². The quantitative estimate of drug-likeness (QED) is 0.559. The number of nitrogens with zero attached hydrogens (tertiary/aromatic N) is 1. The summed E-state index contributed by atoms with van der Waals surface area (Å²) in [6, 6.07) is 26.3. The molecule has 0 saturated heterocycles. The van der Waals surface area contributed by atoms with Gasteiger partial charge >= 0.3 is 0 Å². The number of carbonyl (C=O) groups is 1. The number of aliphatic imine (C=N–C) groups is 1. The summed E-state index contributed by atoms with van der Waals surface area (Å²) in [5, 5.41) is 0.591. The highest BCUT2D eigenvalue weighted by atomic mass is 35.5. The van der Waals surface area contributed by atoms with Crippen LogP contribution < -0.4 is 0 Å². The van der Waals surface area contributed by atoms with Crippen molar-refractivity contribution in [2.45, 2.75) is 0 Å². The average Bonchev–Trinajstić information content (AvgIpc) is 2.67. The maximum Gasteiger partial charge on any atom is 0.277 e. The normalized spacial score (nSPS) is 11.6. The van der Waals surface area contributed by atoms with E-state index in [-0.39, 0.29) is 5.91 Å². The summed E-state index contributed by atoms with van der Waals surface area (Å²) in [5.41, 5.74) is 3.05. The van der Waals surface area contributed by atoms with E-state index >= 15 is 0 Å². The first kappa shape index (κ1) is 16.9. The Kier molecular flexibility index (Phi) is 5.55. The fraction of sp³-hybridized carbons (Fsp3) is 0. The van der Waals surface area contributed by atoms with E-state index in [0.29, 0.717) is 16.3 Å². The van der Waals surface area contributed by atoms with Crippen LogP contribution in [0.15, 0.2) is 96.0 Å². The zero-order valence-corrected chi connectivity index (χ0v) is 14.2. The van der Waals surface area contributed by atoms with E-state index in [1.54, 1.807) is 24.3 Å². The summed E-state index contributed by atoms with van der Waals surface area (Å²) in [5.74, 6) is -0.298. The summed E-state index contributed by atoms with van der Waals surface area (Å²) in [6.45, 7) is 0. The predicted octanol–water partition coefficient (Wildman–Crippen LogP) is 5.68. The second kappa shape index (κ2) is 8.22. The van der Waals surface area contributed by atoms with Gasteiger partial charge in [0.05, 0.1) is 5.71 Å². The van der Waals surface area contributed by atoms with Gasteiger partial charge in [-0.05, 0) is 35.9 Å². The molecular weight excluding hydrogens is 330 g/mol. The molecule has 0 spiro atoms. The van der Waals surface area contributed by atoms with Gasteiger partial charge in [0, 0.05) is 16.1 Å². The molecule has 0 N–H and O–H groups in total. The molecule has 0 saturated carbocycles. The fourth-order valence-corrected chi connectivity index (χ4v) is 2.44. The molecule has 0 aliphatic carbocycles. The lowest BCUT2D eigenvalue weighted by atomic mass is 10.1. The van der Waals surface area contributed by atoms with Gasteiger partial charge in [-0.25, -0.2) is 4.99 Å². The van der Waals surface area contributed by atoms with E-state index in [4.69, 9.17) is 11.6 Å². The Morgan fingerprint density at radius 3 is 2.00 bits per heavy atom. The SMILES string of the molecule is O=C(N=C(/C=C/c1ccccc1)c1ccccc1)c1ccc(Cl)cc1. The molecular formula is C22H16ClNO. The summed E-state index contributed by atoms with van der Waals surface area (Å²) in [6.07, 6.45) is 3.81. The zero-order valence-electron chi connectivity index (χ0n) is 13.5. The fourth-order valence-electron chi connectivity index (χ4n) is 2.31. The van der Waals surface area contributed by atoms with Crippen molar-refractivity contribution in [2.24, 2.45) is 4.99 Å². The molecule has 0 radical (unpaired) electrons. The highest BCUT2D eigenvalue weighted by Crippen LogP contribution is 2.12. The largest absolute Gasteiger partial charge is 0.277 e. The van der Waals surface area contributed by atoms with Crippen LogP contribution in [0.3, 0.4) is 0 Å².